The summed E-state index contributed by atoms with van der Waals surface area (Å²) in [5.41, 5.74) is 6.26. The summed E-state index contributed by atoms with van der Waals surface area (Å²) in [7, 11) is 1.81. The molecule has 0 amide bonds. The fraction of sp³-hybridized carbons (Fsp3) is 1.00. The van der Waals surface area contributed by atoms with Crippen molar-refractivity contribution in [3.63, 3.8) is 0 Å². The van der Waals surface area contributed by atoms with Gasteiger partial charge in [0.05, 0.1) is 6.10 Å². The lowest BCUT2D eigenvalue weighted by Crippen LogP contribution is -2.65. The molecule has 1 saturated heterocycles. The van der Waals surface area contributed by atoms with Crippen molar-refractivity contribution < 1.29 is 4.74 Å². The Kier molecular flexibility index (Phi) is 3.88. The van der Waals surface area contributed by atoms with Crippen molar-refractivity contribution in [3.8, 4) is 0 Å². The van der Waals surface area contributed by atoms with E-state index in [0.29, 0.717) is 6.10 Å². The zero-order valence-electron chi connectivity index (χ0n) is 10.7. The van der Waals surface area contributed by atoms with E-state index in [1.165, 1.54) is 32.4 Å². The molecule has 1 saturated carbocycles. The van der Waals surface area contributed by atoms with Gasteiger partial charge in [-0.05, 0) is 44.7 Å². The van der Waals surface area contributed by atoms with Crippen LogP contribution in [-0.2, 0) is 4.74 Å². The van der Waals surface area contributed by atoms with E-state index in [2.05, 4.69) is 11.8 Å². The highest BCUT2D eigenvalue weighted by Gasteiger charge is 2.48. The maximum absolute atomic E-state index is 5.99. The average Bonchev–Trinajstić information content (AvgIpc) is 2.30. The van der Waals surface area contributed by atoms with Gasteiger partial charge in [0.15, 0.2) is 0 Å². The second kappa shape index (κ2) is 5.03. The van der Waals surface area contributed by atoms with E-state index < -0.39 is 0 Å². The van der Waals surface area contributed by atoms with Gasteiger partial charge in [-0.2, -0.15) is 0 Å². The molecule has 1 aliphatic carbocycles. The standard InChI is InChI=1S/C13H26N2O/c1-3-11-4-6-15(7-5-11)13(10-14)8-12(9-13)16-2/h11-12H,3-10,14H2,1-2H3. The summed E-state index contributed by atoms with van der Waals surface area (Å²) in [5.74, 6) is 0.948. The fourth-order valence-electron chi connectivity index (χ4n) is 3.32. The number of likely N-dealkylation sites (tertiary alicyclic amines) is 1. The molecular weight excluding hydrogens is 200 g/mol. The van der Waals surface area contributed by atoms with Gasteiger partial charge in [-0.25, -0.2) is 0 Å². The van der Waals surface area contributed by atoms with E-state index >= 15 is 0 Å². The SMILES string of the molecule is CCC1CCN(C2(CN)CC(OC)C2)CC1. The zero-order chi connectivity index (χ0) is 11.6. The number of ether oxygens (including phenoxy) is 1. The summed E-state index contributed by atoms with van der Waals surface area (Å²) in [5, 5.41) is 0. The number of rotatable bonds is 4. The number of nitrogens with two attached hydrogens (primary N) is 1. The third-order valence-electron chi connectivity index (χ3n) is 4.79. The molecule has 0 aromatic rings. The third kappa shape index (κ3) is 2.13. The molecule has 0 spiro atoms. The summed E-state index contributed by atoms with van der Waals surface area (Å²) in [4.78, 5) is 2.63. The van der Waals surface area contributed by atoms with Crippen LogP contribution in [0.4, 0.5) is 0 Å². The van der Waals surface area contributed by atoms with Crippen LogP contribution in [0.25, 0.3) is 0 Å². The van der Waals surface area contributed by atoms with Gasteiger partial charge in [0, 0.05) is 19.2 Å². The summed E-state index contributed by atoms with van der Waals surface area (Å²) >= 11 is 0. The lowest BCUT2D eigenvalue weighted by Gasteiger charge is -2.55. The first-order valence-electron chi connectivity index (χ1n) is 6.72. The van der Waals surface area contributed by atoms with E-state index in [9.17, 15) is 0 Å². The van der Waals surface area contributed by atoms with Crippen LogP contribution in [0.5, 0.6) is 0 Å². The molecule has 2 fully saturated rings. The molecule has 94 valence electrons. The summed E-state index contributed by atoms with van der Waals surface area (Å²) in [6.45, 7) is 5.59. The molecule has 1 heterocycles. The molecule has 3 nitrogen and oxygen atoms in total. The number of hydrogen-bond donors (Lipinski definition) is 1. The zero-order valence-corrected chi connectivity index (χ0v) is 10.7. The van der Waals surface area contributed by atoms with Crippen molar-refractivity contribution in [3.05, 3.63) is 0 Å². The monoisotopic (exact) mass is 226 g/mol. The smallest absolute Gasteiger partial charge is 0.0607 e. The third-order valence-corrected chi connectivity index (χ3v) is 4.79. The Hall–Kier alpha value is -0.120. The molecule has 1 aliphatic heterocycles. The minimum absolute atomic E-state index is 0.277. The van der Waals surface area contributed by atoms with Crippen LogP contribution in [0.3, 0.4) is 0 Å². The van der Waals surface area contributed by atoms with Gasteiger partial charge in [0.2, 0.25) is 0 Å². The Bertz CT molecular complexity index is 218. The molecular formula is C13H26N2O. The Morgan fingerprint density at radius 1 is 1.31 bits per heavy atom. The Morgan fingerprint density at radius 3 is 2.38 bits per heavy atom. The Labute approximate surface area is 99.3 Å². The Morgan fingerprint density at radius 2 is 1.94 bits per heavy atom. The van der Waals surface area contributed by atoms with Crippen LogP contribution in [0.15, 0.2) is 0 Å². The fourth-order valence-corrected chi connectivity index (χ4v) is 3.32. The van der Waals surface area contributed by atoms with E-state index in [4.69, 9.17) is 10.5 Å². The molecule has 2 rings (SSSR count). The normalized spacial score (nSPS) is 37.3. The molecule has 0 aromatic carbocycles. The largest absolute Gasteiger partial charge is 0.381 e. The van der Waals surface area contributed by atoms with Crippen LogP contribution in [-0.4, -0.2) is 43.3 Å². The first kappa shape index (κ1) is 12.3. The summed E-state index contributed by atoms with van der Waals surface area (Å²) < 4.78 is 5.39. The predicted molar refractivity (Wildman–Crippen MR) is 66.4 cm³/mol. The highest BCUT2D eigenvalue weighted by Crippen LogP contribution is 2.40. The van der Waals surface area contributed by atoms with Gasteiger partial charge in [-0.1, -0.05) is 13.3 Å². The highest BCUT2D eigenvalue weighted by atomic mass is 16.5. The van der Waals surface area contributed by atoms with Crippen molar-refractivity contribution in [1.29, 1.82) is 0 Å². The minimum atomic E-state index is 0.277. The van der Waals surface area contributed by atoms with Crippen molar-refractivity contribution >= 4 is 0 Å². The quantitative estimate of drug-likeness (QED) is 0.791. The van der Waals surface area contributed by atoms with Gasteiger partial charge in [-0.15, -0.1) is 0 Å². The van der Waals surface area contributed by atoms with E-state index in [1.54, 1.807) is 0 Å². The maximum atomic E-state index is 5.99. The van der Waals surface area contributed by atoms with Crippen molar-refractivity contribution in [2.75, 3.05) is 26.7 Å². The lowest BCUT2D eigenvalue weighted by atomic mass is 9.71. The first-order chi connectivity index (χ1) is 7.74. The molecule has 0 radical (unpaired) electrons. The number of methoxy groups -OCH3 is 1. The van der Waals surface area contributed by atoms with E-state index in [-0.39, 0.29) is 5.54 Å². The molecule has 2 aliphatic rings. The maximum Gasteiger partial charge on any atom is 0.0607 e. The van der Waals surface area contributed by atoms with E-state index in [0.717, 1.165) is 25.3 Å². The molecule has 16 heavy (non-hydrogen) atoms. The molecule has 0 bridgehead atoms. The first-order valence-corrected chi connectivity index (χ1v) is 6.72. The van der Waals surface area contributed by atoms with Gasteiger partial charge in [0.1, 0.15) is 0 Å². The molecule has 0 unspecified atom stereocenters. The van der Waals surface area contributed by atoms with Gasteiger partial charge in [0.25, 0.3) is 0 Å². The van der Waals surface area contributed by atoms with Gasteiger partial charge < -0.3 is 10.5 Å². The van der Waals surface area contributed by atoms with Crippen molar-refractivity contribution in [2.45, 2.75) is 50.7 Å². The minimum Gasteiger partial charge on any atom is -0.381 e. The topological polar surface area (TPSA) is 38.5 Å². The van der Waals surface area contributed by atoms with Crippen LogP contribution in [0.1, 0.15) is 39.0 Å². The van der Waals surface area contributed by atoms with Crippen LogP contribution >= 0.6 is 0 Å². The van der Waals surface area contributed by atoms with Crippen molar-refractivity contribution in [1.82, 2.24) is 4.90 Å². The number of hydrogen-bond acceptors (Lipinski definition) is 3. The van der Waals surface area contributed by atoms with Crippen LogP contribution in [0, 0.1) is 5.92 Å². The van der Waals surface area contributed by atoms with Crippen LogP contribution < -0.4 is 5.73 Å². The number of piperidine rings is 1. The number of nitrogens with zero attached hydrogens (tertiary/aromatic N) is 1. The van der Waals surface area contributed by atoms with Crippen molar-refractivity contribution in [2.24, 2.45) is 11.7 Å². The molecule has 0 atom stereocenters. The molecule has 2 N–H and O–H groups in total. The predicted octanol–water partition coefficient (Wildman–Crippen LogP) is 1.61. The van der Waals surface area contributed by atoms with Gasteiger partial charge >= 0.3 is 0 Å². The average molecular weight is 226 g/mol. The van der Waals surface area contributed by atoms with Crippen LogP contribution in [0.2, 0.25) is 0 Å². The second-order valence-corrected chi connectivity index (χ2v) is 5.53. The Balaban J connectivity index is 1.87. The van der Waals surface area contributed by atoms with Gasteiger partial charge in [-0.3, -0.25) is 4.90 Å². The molecule has 0 aromatic heterocycles. The van der Waals surface area contributed by atoms with E-state index in [1.807, 2.05) is 7.11 Å². The summed E-state index contributed by atoms with van der Waals surface area (Å²) in [6.07, 6.45) is 6.77. The second-order valence-electron chi connectivity index (χ2n) is 5.53. The lowest BCUT2D eigenvalue weighted by molar-refractivity contribution is -0.0962. The summed E-state index contributed by atoms with van der Waals surface area (Å²) in [6, 6.07) is 0. The highest BCUT2D eigenvalue weighted by molar-refractivity contribution is 5.05. The molecule has 3 heteroatoms.